The van der Waals surface area contributed by atoms with Crippen LogP contribution in [-0.4, -0.2) is 17.1 Å². The highest BCUT2D eigenvalue weighted by Crippen LogP contribution is 2.28. The van der Waals surface area contributed by atoms with Gasteiger partial charge in [0, 0.05) is 42.2 Å². The molecule has 2 N–H and O–H groups in total. The molecule has 2 aromatic carbocycles. The zero-order chi connectivity index (χ0) is 27.1. The highest BCUT2D eigenvalue weighted by molar-refractivity contribution is 5.96. The summed E-state index contributed by atoms with van der Waals surface area (Å²) in [7, 11) is 0. The third kappa shape index (κ3) is 9.29. The Labute approximate surface area is 212 Å². The summed E-state index contributed by atoms with van der Waals surface area (Å²) in [6.07, 6.45) is 3.19. The molecule has 6 nitrogen and oxygen atoms in total. The lowest BCUT2D eigenvalue weighted by Crippen LogP contribution is -2.23. The predicted octanol–water partition coefficient (Wildman–Crippen LogP) is 7.42. The van der Waals surface area contributed by atoms with E-state index in [1.54, 1.807) is 56.6 Å². The van der Waals surface area contributed by atoms with Gasteiger partial charge in [0.2, 0.25) is 0 Å². The van der Waals surface area contributed by atoms with Crippen LogP contribution in [0.3, 0.4) is 0 Å². The second kappa shape index (κ2) is 15.8. The smallest absolute Gasteiger partial charge is 0.251 e. The molecular weight excluding hydrogens is 462 g/mol. The summed E-state index contributed by atoms with van der Waals surface area (Å²) in [5, 5.41) is 5.63. The molecule has 3 rings (SSSR count). The maximum atomic E-state index is 13.3. The molecule has 0 aliphatic heterocycles. The van der Waals surface area contributed by atoms with Crippen LogP contribution in [0, 0.1) is 18.6 Å². The molecule has 0 aliphatic rings. The number of carbonyl (C=O) groups excluding carboxylic acids is 1. The summed E-state index contributed by atoms with van der Waals surface area (Å²) in [5.74, 6) is 0.151. The van der Waals surface area contributed by atoms with E-state index in [0.717, 1.165) is 6.07 Å². The van der Waals surface area contributed by atoms with Crippen LogP contribution in [0.15, 0.2) is 72.1 Å². The molecule has 1 amide bonds. The van der Waals surface area contributed by atoms with E-state index in [1.165, 1.54) is 12.1 Å². The van der Waals surface area contributed by atoms with Crippen LogP contribution in [0.4, 0.5) is 14.6 Å². The summed E-state index contributed by atoms with van der Waals surface area (Å²) in [6, 6.07) is 11.6. The molecule has 0 bridgehead atoms. The molecule has 192 valence electrons. The number of hydrogen-bond donors (Lipinski definition) is 2. The Balaban J connectivity index is 0.00000154. The second-order valence-corrected chi connectivity index (χ2v) is 6.83. The number of aliphatic imine (C=N–C) groups is 1. The van der Waals surface area contributed by atoms with Gasteiger partial charge in [-0.2, -0.15) is 0 Å². The molecule has 0 atom stereocenters. The lowest BCUT2D eigenvalue weighted by molar-refractivity contribution is 0.0949. The average molecular weight is 497 g/mol. The van der Waals surface area contributed by atoms with Crippen LogP contribution >= 0.6 is 0 Å². The minimum atomic E-state index is -0.697. The van der Waals surface area contributed by atoms with Gasteiger partial charge in [-0.3, -0.25) is 4.79 Å². The summed E-state index contributed by atoms with van der Waals surface area (Å²) in [4.78, 5) is 20.9. The SMILES string of the molecule is C=C(/N=C\C)Nc1cc(Oc2cccc(C(=O)NCc3cc(F)cc(F)c3)c2C)ccn1.CC.CC. The fourth-order valence-corrected chi connectivity index (χ4v) is 2.97. The molecule has 0 unspecified atom stereocenters. The highest BCUT2D eigenvalue weighted by Gasteiger charge is 2.14. The topological polar surface area (TPSA) is 75.6 Å². The number of ether oxygens (including phenoxy) is 1. The van der Waals surface area contributed by atoms with Crippen LogP contribution in [0.25, 0.3) is 0 Å². The first-order valence-corrected chi connectivity index (χ1v) is 11.8. The van der Waals surface area contributed by atoms with Crippen LogP contribution in [0.5, 0.6) is 11.5 Å². The van der Waals surface area contributed by atoms with Gasteiger partial charge in [0.1, 0.15) is 34.8 Å². The molecule has 1 heterocycles. The van der Waals surface area contributed by atoms with E-state index in [0.29, 0.717) is 39.8 Å². The third-order valence-corrected chi connectivity index (χ3v) is 4.42. The van der Waals surface area contributed by atoms with Crippen molar-refractivity contribution < 1.29 is 18.3 Å². The van der Waals surface area contributed by atoms with E-state index >= 15 is 0 Å². The normalized spacial score (nSPS) is 9.89. The molecule has 3 aromatic rings. The first-order valence-electron chi connectivity index (χ1n) is 11.8. The van der Waals surface area contributed by atoms with E-state index in [-0.39, 0.29) is 12.5 Å². The van der Waals surface area contributed by atoms with Gasteiger partial charge in [0.25, 0.3) is 5.91 Å². The molecular formula is C28H34F2N4O2. The van der Waals surface area contributed by atoms with Crippen LogP contribution in [0.2, 0.25) is 0 Å². The number of anilines is 1. The van der Waals surface area contributed by atoms with Crippen LogP contribution in [0.1, 0.15) is 56.1 Å². The maximum Gasteiger partial charge on any atom is 0.251 e. The van der Waals surface area contributed by atoms with Gasteiger partial charge >= 0.3 is 0 Å². The van der Waals surface area contributed by atoms with E-state index < -0.39 is 11.6 Å². The van der Waals surface area contributed by atoms with E-state index in [4.69, 9.17) is 4.74 Å². The van der Waals surface area contributed by atoms with E-state index in [2.05, 4.69) is 27.2 Å². The van der Waals surface area contributed by atoms with Crippen molar-refractivity contribution >= 4 is 17.9 Å². The van der Waals surface area contributed by atoms with E-state index in [9.17, 15) is 13.6 Å². The number of benzene rings is 2. The molecule has 0 spiro atoms. The molecule has 1 aromatic heterocycles. The Morgan fingerprint density at radius 2 is 1.75 bits per heavy atom. The molecule has 8 heteroatoms. The van der Waals surface area contributed by atoms with Crippen LogP contribution in [-0.2, 0) is 6.54 Å². The quantitative estimate of drug-likeness (QED) is 0.318. The van der Waals surface area contributed by atoms with Crippen molar-refractivity contribution in [2.75, 3.05) is 5.32 Å². The number of carbonyl (C=O) groups is 1. The molecule has 0 aliphatic carbocycles. The Hall–Kier alpha value is -4.07. The van der Waals surface area contributed by atoms with Gasteiger partial charge in [-0.15, -0.1) is 0 Å². The lowest BCUT2D eigenvalue weighted by Gasteiger charge is -2.13. The van der Waals surface area contributed by atoms with Gasteiger partial charge in [0.15, 0.2) is 0 Å². The van der Waals surface area contributed by atoms with Gasteiger partial charge in [-0.25, -0.2) is 18.8 Å². The molecule has 36 heavy (non-hydrogen) atoms. The van der Waals surface area contributed by atoms with Crippen molar-refractivity contribution in [1.29, 1.82) is 0 Å². The molecule has 0 fully saturated rings. The molecule has 0 radical (unpaired) electrons. The fraction of sp³-hybridized carbons (Fsp3) is 0.250. The van der Waals surface area contributed by atoms with E-state index in [1.807, 2.05) is 27.7 Å². The Kier molecular flexibility index (Phi) is 13.1. The Bertz CT molecular complexity index is 1160. The highest BCUT2D eigenvalue weighted by atomic mass is 19.1. The lowest BCUT2D eigenvalue weighted by atomic mass is 10.1. The third-order valence-electron chi connectivity index (χ3n) is 4.42. The number of hydrogen-bond acceptors (Lipinski definition) is 5. The largest absolute Gasteiger partial charge is 0.457 e. The Morgan fingerprint density at radius 1 is 1.08 bits per heavy atom. The predicted molar refractivity (Wildman–Crippen MR) is 143 cm³/mol. The number of nitrogens with zero attached hydrogens (tertiary/aromatic N) is 2. The first-order chi connectivity index (χ1) is 17.4. The summed E-state index contributed by atoms with van der Waals surface area (Å²) in [6.45, 7) is 15.3. The number of amides is 1. The van der Waals surface area contributed by atoms with Crippen molar-refractivity contribution in [3.63, 3.8) is 0 Å². The van der Waals surface area contributed by atoms with Crippen LogP contribution < -0.4 is 15.4 Å². The van der Waals surface area contributed by atoms with Gasteiger partial charge in [0.05, 0.1) is 0 Å². The maximum absolute atomic E-state index is 13.3. The number of pyridine rings is 1. The second-order valence-electron chi connectivity index (χ2n) is 6.83. The minimum Gasteiger partial charge on any atom is -0.457 e. The number of aromatic nitrogens is 1. The standard InChI is InChI=1S/C24H22F2N4O2.2C2H6/c1-4-27-16(3)30-23-13-20(8-9-28-23)32-22-7-5-6-21(15(22)2)24(31)29-14-17-10-18(25)12-19(26)11-17;2*1-2/h4-13H,3,14H2,1-2H3,(H,28,30)(H,29,31);2*1-2H3/b27-4-;;. The zero-order valence-corrected chi connectivity index (χ0v) is 21.7. The fourth-order valence-electron chi connectivity index (χ4n) is 2.97. The van der Waals surface area contributed by atoms with Crippen molar-refractivity contribution in [1.82, 2.24) is 10.3 Å². The number of nitrogens with one attached hydrogen (secondary N) is 2. The van der Waals surface area contributed by atoms with Gasteiger partial charge < -0.3 is 15.4 Å². The monoisotopic (exact) mass is 496 g/mol. The molecule has 0 saturated carbocycles. The zero-order valence-electron chi connectivity index (χ0n) is 21.7. The average Bonchev–Trinajstić information content (AvgIpc) is 2.86. The van der Waals surface area contributed by atoms with Gasteiger partial charge in [-0.1, -0.05) is 40.3 Å². The van der Waals surface area contributed by atoms with Crippen molar-refractivity contribution in [2.24, 2.45) is 4.99 Å². The van der Waals surface area contributed by atoms with Gasteiger partial charge in [-0.05, 0) is 49.7 Å². The van der Waals surface area contributed by atoms with Crippen molar-refractivity contribution in [3.05, 3.63) is 95.5 Å². The summed E-state index contributed by atoms with van der Waals surface area (Å²) >= 11 is 0. The minimum absolute atomic E-state index is 0.0124. The Morgan fingerprint density at radius 3 is 2.39 bits per heavy atom. The van der Waals surface area contributed by atoms with Crippen molar-refractivity contribution in [3.8, 4) is 11.5 Å². The first kappa shape index (κ1) is 30.0. The number of rotatable bonds is 8. The molecule has 0 saturated heterocycles. The van der Waals surface area contributed by atoms with Crippen molar-refractivity contribution in [2.45, 2.75) is 48.1 Å². The summed E-state index contributed by atoms with van der Waals surface area (Å²) in [5.41, 5.74) is 1.32. The summed E-state index contributed by atoms with van der Waals surface area (Å²) < 4.78 is 32.6. The number of halogens is 2.